The number of anilines is 1. The predicted octanol–water partition coefficient (Wildman–Crippen LogP) is 6.22. The Balaban J connectivity index is 1.80. The highest BCUT2D eigenvalue weighted by atomic mass is 127. The van der Waals surface area contributed by atoms with Crippen molar-refractivity contribution < 1.29 is 18.7 Å². The molecule has 0 saturated heterocycles. The van der Waals surface area contributed by atoms with E-state index in [1.165, 1.54) is 25.3 Å². The van der Waals surface area contributed by atoms with Crippen LogP contribution in [0.3, 0.4) is 0 Å². The molecule has 0 aromatic heterocycles. The lowest BCUT2D eigenvalue weighted by Gasteiger charge is -2.14. The zero-order valence-corrected chi connectivity index (χ0v) is 19.8. The second kappa shape index (κ2) is 11.0. The van der Waals surface area contributed by atoms with Crippen molar-refractivity contribution >= 4 is 51.9 Å². The standard InChI is InChI=1S/C24H17ClFIN2O3/c1-31-22-12-16(10-17(13-28)24(30)29-20-8-4-18(25)5-9-20)11-21(27)23(22)32-14-15-2-6-19(26)7-3-15/h2-12H,14H2,1H3,(H,29,30)/b17-10-. The molecule has 3 aromatic rings. The second-order valence-electron chi connectivity index (χ2n) is 6.58. The normalized spacial score (nSPS) is 10.9. The molecule has 0 aliphatic heterocycles. The minimum atomic E-state index is -0.541. The SMILES string of the molecule is COc1cc(/C=C(/C#N)C(=O)Nc2ccc(Cl)cc2)cc(I)c1OCc1ccc(F)cc1. The van der Waals surface area contributed by atoms with Gasteiger partial charge in [-0.1, -0.05) is 23.7 Å². The topological polar surface area (TPSA) is 71.3 Å². The Morgan fingerprint density at radius 1 is 1.19 bits per heavy atom. The monoisotopic (exact) mass is 562 g/mol. The molecule has 8 heteroatoms. The zero-order valence-electron chi connectivity index (χ0n) is 16.9. The number of rotatable bonds is 7. The minimum Gasteiger partial charge on any atom is -0.493 e. The lowest BCUT2D eigenvalue weighted by molar-refractivity contribution is -0.112. The van der Waals surface area contributed by atoms with E-state index in [4.69, 9.17) is 21.1 Å². The van der Waals surface area contributed by atoms with Crippen molar-refractivity contribution in [2.24, 2.45) is 0 Å². The first-order valence-corrected chi connectivity index (χ1v) is 10.8. The van der Waals surface area contributed by atoms with Gasteiger partial charge in [0.25, 0.3) is 5.91 Å². The molecule has 0 unspecified atom stereocenters. The molecular weight excluding hydrogens is 546 g/mol. The van der Waals surface area contributed by atoms with E-state index in [-0.39, 0.29) is 18.0 Å². The summed E-state index contributed by atoms with van der Waals surface area (Å²) in [5, 5.41) is 12.7. The van der Waals surface area contributed by atoms with E-state index in [9.17, 15) is 14.4 Å². The van der Waals surface area contributed by atoms with Crippen LogP contribution >= 0.6 is 34.2 Å². The molecule has 162 valence electrons. The lowest BCUT2D eigenvalue weighted by Crippen LogP contribution is -2.13. The molecule has 5 nitrogen and oxygen atoms in total. The van der Waals surface area contributed by atoms with Crippen LogP contribution in [-0.4, -0.2) is 13.0 Å². The van der Waals surface area contributed by atoms with Crippen LogP contribution in [0.1, 0.15) is 11.1 Å². The Kier molecular flexibility index (Phi) is 8.09. The minimum absolute atomic E-state index is 0.0715. The van der Waals surface area contributed by atoms with Gasteiger partial charge in [-0.05, 0) is 88.3 Å². The van der Waals surface area contributed by atoms with Crippen molar-refractivity contribution in [3.05, 3.63) is 91.8 Å². The molecule has 3 aromatic carbocycles. The first-order valence-electron chi connectivity index (χ1n) is 9.33. The first kappa shape index (κ1) is 23.6. The van der Waals surface area contributed by atoms with Crippen molar-refractivity contribution in [2.75, 3.05) is 12.4 Å². The number of halogens is 3. The van der Waals surface area contributed by atoms with Gasteiger partial charge in [0.15, 0.2) is 11.5 Å². The molecule has 0 fully saturated rings. The van der Waals surface area contributed by atoms with Crippen molar-refractivity contribution in [3.63, 3.8) is 0 Å². The molecule has 0 bridgehead atoms. The lowest BCUT2D eigenvalue weighted by atomic mass is 10.1. The maximum atomic E-state index is 13.1. The van der Waals surface area contributed by atoms with Gasteiger partial charge in [-0.3, -0.25) is 4.79 Å². The van der Waals surface area contributed by atoms with Gasteiger partial charge in [-0.25, -0.2) is 4.39 Å². The Labute approximate surface area is 203 Å². The van der Waals surface area contributed by atoms with Gasteiger partial charge in [-0.15, -0.1) is 0 Å². The van der Waals surface area contributed by atoms with E-state index in [1.807, 2.05) is 6.07 Å². The smallest absolute Gasteiger partial charge is 0.266 e. The third kappa shape index (κ3) is 6.22. The molecule has 0 heterocycles. The molecule has 32 heavy (non-hydrogen) atoms. The molecule has 0 atom stereocenters. The molecule has 3 rings (SSSR count). The van der Waals surface area contributed by atoms with Crippen LogP contribution < -0.4 is 14.8 Å². The molecule has 0 aliphatic carbocycles. The fourth-order valence-corrected chi connectivity index (χ4v) is 3.65. The van der Waals surface area contributed by atoms with Crippen LogP contribution in [-0.2, 0) is 11.4 Å². The third-order valence-corrected chi connectivity index (χ3v) is 5.38. The van der Waals surface area contributed by atoms with Crippen LogP contribution in [0, 0.1) is 20.7 Å². The summed E-state index contributed by atoms with van der Waals surface area (Å²) in [7, 11) is 1.50. The molecule has 0 spiro atoms. The van der Waals surface area contributed by atoms with Crippen molar-refractivity contribution in [2.45, 2.75) is 6.61 Å². The van der Waals surface area contributed by atoms with Gasteiger partial charge in [0.2, 0.25) is 0 Å². The largest absolute Gasteiger partial charge is 0.493 e. The number of nitriles is 1. The Bertz CT molecular complexity index is 1190. The molecule has 1 N–H and O–H groups in total. The van der Waals surface area contributed by atoms with Crippen molar-refractivity contribution in [1.29, 1.82) is 5.26 Å². The van der Waals surface area contributed by atoms with Crippen LogP contribution in [0.2, 0.25) is 5.02 Å². The quantitative estimate of drug-likeness (QED) is 0.211. The number of amides is 1. The van der Waals surface area contributed by atoms with Gasteiger partial charge in [0.1, 0.15) is 24.1 Å². The van der Waals surface area contributed by atoms with Crippen LogP contribution in [0.5, 0.6) is 11.5 Å². The average molecular weight is 563 g/mol. The number of nitrogens with zero attached hydrogens (tertiary/aromatic N) is 1. The predicted molar refractivity (Wildman–Crippen MR) is 130 cm³/mol. The third-order valence-electron chi connectivity index (χ3n) is 4.33. The molecule has 0 aliphatic rings. The fraction of sp³-hybridized carbons (Fsp3) is 0.0833. The summed E-state index contributed by atoms with van der Waals surface area (Å²) < 4.78 is 25.1. The summed E-state index contributed by atoms with van der Waals surface area (Å²) >= 11 is 7.94. The number of carbonyl (C=O) groups excluding carboxylic acids is 1. The Hall–Kier alpha value is -3.09. The van der Waals surface area contributed by atoms with Crippen LogP contribution in [0.15, 0.2) is 66.2 Å². The highest BCUT2D eigenvalue weighted by molar-refractivity contribution is 14.1. The van der Waals surface area contributed by atoms with E-state index >= 15 is 0 Å². The van der Waals surface area contributed by atoms with Gasteiger partial charge >= 0.3 is 0 Å². The van der Waals surface area contributed by atoms with Gasteiger partial charge in [0.05, 0.1) is 10.7 Å². The maximum Gasteiger partial charge on any atom is 0.266 e. The van der Waals surface area contributed by atoms with Gasteiger partial charge in [0, 0.05) is 10.7 Å². The van der Waals surface area contributed by atoms with Crippen molar-refractivity contribution in [3.8, 4) is 17.6 Å². The molecule has 0 saturated carbocycles. The summed E-state index contributed by atoms with van der Waals surface area (Å²) in [6, 6.07) is 18.0. The molecule has 1 amide bonds. The number of carbonyl (C=O) groups is 1. The number of hydrogen-bond acceptors (Lipinski definition) is 4. The van der Waals surface area contributed by atoms with Crippen molar-refractivity contribution in [1.82, 2.24) is 0 Å². The van der Waals surface area contributed by atoms with Gasteiger partial charge in [-0.2, -0.15) is 5.26 Å². The second-order valence-corrected chi connectivity index (χ2v) is 8.18. The average Bonchev–Trinajstić information content (AvgIpc) is 2.79. The first-order chi connectivity index (χ1) is 15.4. The fourth-order valence-electron chi connectivity index (χ4n) is 2.75. The van der Waals surface area contributed by atoms with E-state index in [1.54, 1.807) is 48.5 Å². The summed E-state index contributed by atoms with van der Waals surface area (Å²) in [6.07, 6.45) is 1.47. The van der Waals surface area contributed by atoms with E-state index in [0.717, 1.165) is 9.13 Å². The Morgan fingerprint density at radius 3 is 2.50 bits per heavy atom. The summed E-state index contributed by atoms with van der Waals surface area (Å²) in [4.78, 5) is 12.5. The molecular formula is C24H17ClFIN2O3. The van der Waals surface area contributed by atoms with E-state index in [2.05, 4.69) is 27.9 Å². The van der Waals surface area contributed by atoms with E-state index in [0.29, 0.717) is 27.8 Å². The molecule has 0 radical (unpaired) electrons. The number of hydrogen-bond donors (Lipinski definition) is 1. The number of methoxy groups -OCH3 is 1. The van der Waals surface area contributed by atoms with E-state index < -0.39 is 5.91 Å². The number of ether oxygens (including phenoxy) is 2. The maximum absolute atomic E-state index is 13.1. The van der Waals surface area contributed by atoms with Crippen LogP contribution in [0.4, 0.5) is 10.1 Å². The van der Waals surface area contributed by atoms with Gasteiger partial charge < -0.3 is 14.8 Å². The highest BCUT2D eigenvalue weighted by Gasteiger charge is 2.14. The number of nitrogens with one attached hydrogen (secondary N) is 1. The summed E-state index contributed by atoms with van der Waals surface area (Å²) in [5.74, 6) is 0.102. The summed E-state index contributed by atoms with van der Waals surface area (Å²) in [6.45, 7) is 0.231. The summed E-state index contributed by atoms with van der Waals surface area (Å²) in [5.41, 5.74) is 1.86. The highest BCUT2D eigenvalue weighted by Crippen LogP contribution is 2.35. The zero-order chi connectivity index (χ0) is 23.1. The number of benzene rings is 3. The Morgan fingerprint density at radius 2 is 1.88 bits per heavy atom. The van der Waals surface area contributed by atoms with Crippen LogP contribution in [0.25, 0.3) is 6.08 Å².